The number of fused-ring (bicyclic) bond motifs is 1. The number of nitrogens with zero attached hydrogens (tertiary/aromatic N) is 2. The van der Waals surface area contributed by atoms with Crippen molar-refractivity contribution in [3.05, 3.63) is 66.8 Å². The molecule has 3 heterocycles. The number of nitrogens with one attached hydrogen (secondary N) is 1. The van der Waals surface area contributed by atoms with Gasteiger partial charge >= 0.3 is 0 Å². The van der Waals surface area contributed by atoms with E-state index in [1.54, 1.807) is 12.5 Å². The van der Waals surface area contributed by atoms with E-state index in [1.807, 2.05) is 48.5 Å². The van der Waals surface area contributed by atoms with Crippen LogP contribution in [0.25, 0.3) is 22.5 Å². The van der Waals surface area contributed by atoms with Gasteiger partial charge in [0.1, 0.15) is 11.6 Å². The number of furan rings is 2. The Morgan fingerprint density at radius 3 is 2.55 bits per heavy atom. The molecule has 1 N–H and O–H groups in total. The molecule has 5 nitrogen and oxygen atoms in total. The molecule has 0 amide bonds. The zero-order chi connectivity index (χ0) is 14.8. The lowest BCUT2D eigenvalue weighted by Gasteiger charge is -2.09. The molecule has 108 valence electrons. The van der Waals surface area contributed by atoms with Crippen LogP contribution in [0.2, 0.25) is 0 Å². The summed E-state index contributed by atoms with van der Waals surface area (Å²) in [4.78, 5) is 9.14. The van der Waals surface area contributed by atoms with Crippen LogP contribution >= 0.6 is 0 Å². The van der Waals surface area contributed by atoms with Gasteiger partial charge in [0.25, 0.3) is 0 Å². The van der Waals surface area contributed by atoms with Crippen LogP contribution in [0, 0.1) is 0 Å². The van der Waals surface area contributed by atoms with Crippen molar-refractivity contribution in [1.29, 1.82) is 0 Å². The first-order valence-electron chi connectivity index (χ1n) is 6.97. The SMILES string of the molecule is c1coc(CNc2nc(-c3ccco3)nc3ccccc23)c1. The molecule has 5 heteroatoms. The van der Waals surface area contributed by atoms with E-state index in [0.717, 1.165) is 22.5 Å². The summed E-state index contributed by atoms with van der Waals surface area (Å²) in [5.41, 5.74) is 0.867. The van der Waals surface area contributed by atoms with Gasteiger partial charge in [-0.15, -0.1) is 0 Å². The van der Waals surface area contributed by atoms with Crippen molar-refractivity contribution < 1.29 is 8.83 Å². The highest BCUT2D eigenvalue weighted by Crippen LogP contribution is 2.25. The third kappa shape index (κ3) is 2.33. The second kappa shape index (κ2) is 5.37. The fourth-order valence-electron chi connectivity index (χ4n) is 2.31. The minimum atomic E-state index is 0.561. The van der Waals surface area contributed by atoms with Crippen molar-refractivity contribution in [2.75, 3.05) is 5.32 Å². The molecule has 0 aliphatic rings. The zero-order valence-electron chi connectivity index (χ0n) is 11.7. The van der Waals surface area contributed by atoms with Crippen molar-refractivity contribution >= 4 is 16.7 Å². The van der Waals surface area contributed by atoms with E-state index in [0.29, 0.717) is 18.1 Å². The van der Waals surface area contributed by atoms with E-state index in [-0.39, 0.29) is 0 Å². The predicted molar refractivity (Wildman–Crippen MR) is 83.3 cm³/mol. The number of benzene rings is 1. The quantitative estimate of drug-likeness (QED) is 0.613. The Bertz CT molecular complexity index is 884. The van der Waals surface area contributed by atoms with Gasteiger partial charge in [0.15, 0.2) is 11.6 Å². The van der Waals surface area contributed by atoms with E-state index in [4.69, 9.17) is 8.83 Å². The average Bonchev–Trinajstić information content (AvgIpc) is 3.25. The van der Waals surface area contributed by atoms with Crippen LogP contribution < -0.4 is 5.32 Å². The number of anilines is 1. The Balaban J connectivity index is 1.77. The van der Waals surface area contributed by atoms with Crippen LogP contribution in [-0.2, 0) is 6.54 Å². The van der Waals surface area contributed by atoms with Gasteiger partial charge in [-0.3, -0.25) is 0 Å². The molecule has 3 aromatic heterocycles. The molecule has 0 unspecified atom stereocenters. The first-order valence-corrected chi connectivity index (χ1v) is 6.97. The van der Waals surface area contributed by atoms with Crippen LogP contribution in [0.5, 0.6) is 0 Å². The maximum atomic E-state index is 5.40. The Morgan fingerprint density at radius 2 is 1.73 bits per heavy atom. The lowest BCUT2D eigenvalue weighted by atomic mass is 10.2. The van der Waals surface area contributed by atoms with E-state index in [9.17, 15) is 0 Å². The summed E-state index contributed by atoms with van der Waals surface area (Å²) in [7, 11) is 0. The van der Waals surface area contributed by atoms with Gasteiger partial charge in [-0.1, -0.05) is 12.1 Å². The highest BCUT2D eigenvalue weighted by atomic mass is 16.3. The minimum Gasteiger partial charge on any atom is -0.467 e. The summed E-state index contributed by atoms with van der Waals surface area (Å²) in [6, 6.07) is 15.3. The van der Waals surface area contributed by atoms with Crippen molar-refractivity contribution in [3.8, 4) is 11.6 Å². The third-order valence-corrected chi connectivity index (χ3v) is 3.35. The Morgan fingerprint density at radius 1 is 0.864 bits per heavy atom. The molecule has 0 spiro atoms. The average molecular weight is 291 g/mol. The van der Waals surface area contributed by atoms with Gasteiger partial charge in [-0.25, -0.2) is 9.97 Å². The number of hydrogen-bond acceptors (Lipinski definition) is 5. The normalized spacial score (nSPS) is 10.9. The summed E-state index contributed by atoms with van der Waals surface area (Å²) < 4.78 is 10.7. The number of para-hydroxylation sites is 1. The molecule has 0 atom stereocenters. The summed E-state index contributed by atoms with van der Waals surface area (Å²) >= 11 is 0. The number of rotatable bonds is 4. The lowest BCUT2D eigenvalue weighted by Crippen LogP contribution is -2.03. The molecular formula is C17H13N3O2. The number of aromatic nitrogens is 2. The fourth-order valence-corrected chi connectivity index (χ4v) is 2.31. The van der Waals surface area contributed by atoms with Gasteiger partial charge in [0.05, 0.1) is 24.6 Å². The maximum Gasteiger partial charge on any atom is 0.198 e. The van der Waals surface area contributed by atoms with Crippen molar-refractivity contribution in [3.63, 3.8) is 0 Å². The van der Waals surface area contributed by atoms with E-state index < -0.39 is 0 Å². The molecule has 0 fully saturated rings. The minimum absolute atomic E-state index is 0.561. The van der Waals surface area contributed by atoms with Crippen LogP contribution in [0.4, 0.5) is 5.82 Å². The molecule has 0 bridgehead atoms. The molecular weight excluding hydrogens is 278 g/mol. The van der Waals surface area contributed by atoms with Gasteiger partial charge in [-0.2, -0.15) is 0 Å². The molecule has 1 aromatic carbocycles. The first-order chi connectivity index (χ1) is 10.9. The van der Waals surface area contributed by atoms with Crippen molar-refractivity contribution in [2.45, 2.75) is 6.54 Å². The predicted octanol–water partition coefficient (Wildman–Crippen LogP) is 4.09. The monoisotopic (exact) mass is 291 g/mol. The second-order valence-electron chi connectivity index (χ2n) is 4.82. The molecule has 4 rings (SSSR count). The molecule has 22 heavy (non-hydrogen) atoms. The molecule has 0 aliphatic carbocycles. The lowest BCUT2D eigenvalue weighted by molar-refractivity contribution is 0.518. The number of hydrogen-bond donors (Lipinski definition) is 1. The fraction of sp³-hybridized carbons (Fsp3) is 0.0588. The standard InChI is InChI=1S/C17H13N3O2/c1-2-7-14-13(6-1)16(18-11-12-5-3-9-21-12)20-17(19-14)15-8-4-10-22-15/h1-10H,11H2,(H,18,19,20). The topological polar surface area (TPSA) is 64.1 Å². The second-order valence-corrected chi connectivity index (χ2v) is 4.82. The van der Waals surface area contributed by atoms with Crippen molar-refractivity contribution in [2.24, 2.45) is 0 Å². The zero-order valence-corrected chi connectivity index (χ0v) is 11.7. The van der Waals surface area contributed by atoms with Crippen LogP contribution in [0.15, 0.2) is 69.9 Å². The largest absolute Gasteiger partial charge is 0.467 e. The highest BCUT2D eigenvalue weighted by molar-refractivity contribution is 5.90. The van der Waals surface area contributed by atoms with Crippen LogP contribution in [0.3, 0.4) is 0 Å². The smallest absolute Gasteiger partial charge is 0.198 e. The summed E-state index contributed by atoms with van der Waals surface area (Å²) in [5, 5.41) is 4.27. The molecule has 0 radical (unpaired) electrons. The molecule has 0 aliphatic heterocycles. The molecule has 0 saturated heterocycles. The van der Waals surface area contributed by atoms with Crippen LogP contribution in [-0.4, -0.2) is 9.97 Å². The van der Waals surface area contributed by atoms with E-state index in [1.165, 1.54) is 0 Å². The third-order valence-electron chi connectivity index (χ3n) is 3.35. The summed E-state index contributed by atoms with van der Waals surface area (Å²) in [6.45, 7) is 0.561. The van der Waals surface area contributed by atoms with Gasteiger partial charge in [-0.05, 0) is 36.4 Å². The molecule has 0 saturated carbocycles. The first kappa shape index (κ1) is 12.6. The van der Waals surface area contributed by atoms with Crippen molar-refractivity contribution in [1.82, 2.24) is 9.97 Å². The van der Waals surface area contributed by atoms with E-state index in [2.05, 4.69) is 15.3 Å². The van der Waals surface area contributed by atoms with Gasteiger partial charge in [0.2, 0.25) is 0 Å². The van der Waals surface area contributed by atoms with Gasteiger partial charge < -0.3 is 14.2 Å². The Kier molecular flexibility index (Phi) is 3.08. The summed E-state index contributed by atoms with van der Waals surface area (Å²) in [6.07, 6.45) is 3.27. The Labute approximate surface area is 126 Å². The Hall–Kier alpha value is -3.08. The summed E-state index contributed by atoms with van der Waals surface area (Å²) in [5.74, 6) is 2.81. The van der Waals surface area contributed by atoms with Gasteiger partial charge in [0, 0.05) is 5.39 Å². The highest BCUT2D eigenvalue weighted by Gasteiger charge is 2.11. The van der Waals surface area contributed by atoms with E-state index >= 15 is 0 Å². The maximum absolute atomic E-state index is 5.40. The molecule has 4 aromatic rings. The van der Waals surface area contributed by atoms with Crippen LogP contribution in [0.1, 0.15) is 5.76 Å².